The number of hydrogen-bond acceptors (Lipinski definition) is 7. The molecule has 4 rings (SSSR count). The van der Waals surface area contributed by atoms with E-state index in [4.69, 9.17) is 14.2 Å². The van der Waals surface area contributed by atoms with Gasteiger partial charge in [-0.25, -0.2) is 9.37 Å². The molecule has 0 radical (unpaired) electrons. The van der Waals surface area contributed by atoms with Gasteiger partial charge in [0.2, 0.25) is 5.75 Å². The van der Waals surface area contributed by atoms with Crippen molar-refractivity contribution in [2.24, 2.45) is 0 Å². The first-order valence-electron chi connectivity index (χ1n) is 9.62. The second kappa shape index (κ2) is 9.19. The van der Waals surface area contributed by atoms with Crippen LogP contribution in [0, 0.1) is 5.82 Å². The fourth-order valence-corrected chi connectivity index (χ4v) is 4.23. The van der Waals surface area contributed by atoms with Gasteiger partial charge in [-0.3, -0.25) is 14.7 Å². The third kappa shape index (κ3) is 4.19. The number of anilines is 1. The van der Waals surface area contributed by atoms with Gasteiger partial charge in [0.25, 0.3) is 5.91 Å². The minimum absolute atomic E-state index is 0.179. The molecule has 2 aromatic heterocycles. The van der Waals surface area contributed by atoms with Crippen molar-refractivity contribution in [3.8, 4) is 17.2 Å². The maximum absolute atomic E-state index is 13.7. The van der Waals surface area contributed by atoms with Gasteiger partial charge in [-0.2, -0.15) is 0 Å². The van der Waals surface area contributed by atoms with E-state index in [0.29, 0.717) is 43.9 Å². The van der Waals surface area contributed by atoms with Crippen molar-refractivity contribution in [2.75, 3.05) is 26.2 Å². The number of aromatic nitrogens is 2. The number of ether oxygens (including phenoxy) is 3. The average molecular weight is 453 g/mol. The van der Waals surface area contributed by atoms with Crippen LogP contribution in [0.3, 0.4) is 0 Å². The van der Waals surface area contributed by atoms with E-state index >= 15 is 0 Å². The van der Waals surface area contributed by atoms with Crippen LogP contribution in [0.1, 0.15) is 16.1 Å². The number of halogens is 1. The Labute approximate surface area is 188 Å². The second-order valence-corrected chi connectivity index (χ2v) is 7.74. The number of hydrogen-bond donors (Lipinski definition) is 0. The number of benzene rings is 2. The van der Waals surface area contributed by atoms with Crippen LogP contribution in [-0.4, -0.2) is 37.2 Å². The predicted octanol–water partition coefficient (Wildman–Crippen LogP) is 4.70. The minimum atomic E-state index is -0.361. The number of nitrogens with zero attached hydrogens (tertiary/aromatic N) is 3. The number of rotatable bonds is 7. The van der Waals surface area contributed by atoms with Crippen molar-refractivity contribution in [1.29, 1.82) is 0 Å². The van der Waals surface area contributed by atoms with E-state index in [1.54, 1.807) is 30.5 Å². The fraction of sp³-hybridized carbons (Fsp3) is 0.174. The van der Waals surface area contributed by atoms with Crippen molar-refractivity contribution in [3.05, 3.63) is 71.8 Å². The molecule has 0 N–H and O–H groups in total. The van der Waals surface area contributed by atoms with Gasteiger partial charge < -0.3 is 14.2 Å². The number of methoxy groups -OCH3 is 3. The molecule has 0 aliphatic carbocycles. The van der Waals surface area contributed by atoms with Crippen LogP contribution in [0.4, 0.5) is 9.52 Å². The molecular formula is C23H20FN3O4S. The van der Waals surface area contributed by atoms with E-state index in [2.05, 4.69) is 9.97 Å². The largest absolute Gasteiger partial charge is 0.493 e. The molecule has 0 atom stereocenters. The van der Waals surface area contributed by atoms with Crippen LogP contribution in [0.2, 0.25) is 0 Å². The Kier molecular flexibility index (Phi) is 6.18. The summed E-state index contributed by atoms with van der Waals surface area (Å²) in [7, 11) is 4.47. The van der Waals surface area contributed by atoms with Crippen molar-refractivity contribution < 1.29 is 23.4 Å². The fourth-order valence-electron chi connectivity index (χ4n) is 3.24. The third-order valence-corrected chi connectivity index (χ3v) is 5.81. The molecular weight excluding hydrogens is 433 g/mol. The number of pyridine rings is 1. The summed E-state index contributed by atoms with van der Waals surface area (Å²) in [6, 6.07) is 13.0. The predicted molar refractivity (Wildman–Crippen MR) is 120 cm³/mol. The summed E-state index contributed by atoms with van der Waals surface area (Å²) < 4.78 is 30.5. The van der Waals surface area contributed by atoms with Gasteiger partial charge in [-0.05, 0) is 42.5 Å². The molecule has 9 heteroatoms. The molecule has 1 amide bonds. The van der Waals surface area contributed by atoms with Crippen LogP contribution in [0.25, 0.3) is 10.2 Å². The Balaban J connectivity index is 1.81. The highest BCUT2D eigenvalue weighted by molar-refractivity contribution is 7.22. The normalized spacial score (nSPS) is 10.8. The third-order valence-electron chi connectivity index (χ3n) is 4.77. The zero-order valence-electron chi connectivity index (χ0n) is 17.7. The maximum atomic E-state index is 13.7. The standard InChI is InChI=1S/C23H20FN3O4S/c1-29-18-10-14(11-19(30-2)21(18)31-3)22(28)27(13-16-6-4-5-9-25-16)23-26-17-8-7-15(24)12-20(17)32-23/h4-12H,13H2,1-3H3. The van der Waals surface area contributed by atoms with Crippen molar-refractivity contribution in [2.45, 2.75) is 6.54 Å². The van der Waals surface area contributed by atoms with Crippen LogP contribution in [-0.2, 0) is 6.54 Å². The Bertz CT molecular complexity index is 1240. The summed E-state index contributed by atoms with van der Waals surface area (Å²) in [6.45, 7) is 0.179. The van der Waals surface area contributed by atoms with Gasteiger partial charge in [0.15, 0.2) is 16.6 Å². The lowest BCUT2D eigenvalue weighted by molar-refractivity contribution is 0.0984. The molecule has 0 spiro atoms. The quantitative estimate of drug-likeness (QED) is 0.404. The summed E-state index contributed by atoms with van der Waals surface area (Å²) in [5, 5.41) is 0.426. The molecule has 2 aromatic carbocycles. The van der Waals surface area contributed by atoms with Gasteiger partial charge in [-0.1, -0.05) is 17.4 Å². The molecule has 0 aliphatic heterocycles. The Hall–Kier alpha value is -3.72. The SMILES string of the molecule is COc1cc(C(=O)N(Cc2ccccn2)c2nc3ccc(F)cc3s2)cc(OC)c1OC. The highest BCUT2D eigenvalue weighted by atomic mass is 32.1. The summed E-state index contributed by atoms with van der Waals surface area (Å²) >= 11 is 1.23. The van der Waals surface area contributed by atoms with Gasteiger partial charge in [0.05, 0.1) is 43.8 Å². The first-order chi connectivity index (χ1) is 15.5. The molecule has 4 aromatic rings. The van der Waals surface area contributed by atoms with Crippen molar-refractivity contribution in [3.63, 3.8) is 0 Å². The summed E-state index contributed by atoms with van der Waals surface area (Å²) in [6.07, 6.45) is 1.66. The topological polar surface area (TPSA) is 73.8 Å². The van der Waals surface area contributed by atoms with Crippen molar-refractivity contribution >= 4 is 32.6 Å². The molecule has 0 unspecified atom stereocenters. The van der Waals surface area contributed by atoms with Crippen LogP contribution >= 0.6 is 11.3 Å². The number of carbonyl (C=O) groups is 1. The lowest BCUT2D eigenvalue weighted by Crippen LogP contribution is -2.30. The van der Waals surface area contributed by atoms with E-state index in [-0.39, 0.29) is 18.3 Å². The van der Waals surface area contributed by atoms with E-state index in [0.717, 1.165) is 0 Å². The second-order valence-electron chi connectivity index (χ2n) is 6.73. The highest BCUT2D eigenvalue weighted by Gasteiger charge is 2.25. The van der Waals surface area contributed by atoms with Crippen LogP contribution in [0.15, 0.2) is 54.7 Å². The zero-order valence-corrected chi connectivity index (χ0v) is 18.5. The van der Waals surface area contributed by atoms with Crippen LogP contribution in [0.5, 0.6) is 17.2 Å². The lowest BCUT2D eigenvalue weighted by atomic mass is 10.1. The van der Waals surface area contributed by atoms with Gasteiger partial charge in [-0.15, -0.1) is 0 Å². The number of fused-ring (bicyclic) bond motifs is 1. The number of thiazole rings is 1. The van der Waals surface area contributed by atoms with Gasteiger partial charge in [0, 0.05) is 11.8 Å². The monoisotopic (exact) mass is 453 g/mol. The molecule has 2 heterocycles. The number of amides is 1. The lowest BCUT2D eigenvalue weighted by Gasteiger charge is -2.21. The van der Waals surface area contributed by atoms with Crippen LogP contribution < -0.4 is 19.1 Å². The first-order valence-corrected chi connectivity index (χ1v) is 10.4. The van der Waals surface area contributed by atoms with E-state index in [9.17, 15) is 9.18 Å². The van der Waals surface area contributed by atoms with E-state index in [1.807, 2.05) is 12.1 Å². The van der Waals surface area contributed by atoms with E-state index in [1.165, 1.54) is 49.7 Å². The van der Waals surface area contributed by atoms with Gasteiger partial charge >= 0.3 is 0 Å². The molecule has 0 saturated heterocycles. The molecule has 164 valence electrons. The number of carbonyl (C=O) groups excluding carboxylic acids is 1. The molecule has 0 fully saturated rings. The Morgan fingerprint density at radius 1 is 1.03 bits per heavy atom. The Morgan fingerprint density at radius 2 is 1.78 bits per heavy atom. The molecule has 0 saturated carbocycles. The summed E-state index contributed by atoms with van der Waals surface area (Å²) in [4.78, 5) is 24.1. The van der Waals surface area contributed by atoms with Crippen molar-refractivity contribution in [1.82, 2.24) is 9.97 Å². The minimum Gasteiger partial charge on any atom is -0.493 e. The molecule has 0 aliphatic rings. The zero-order chi connectivity index (χ0) is 22.7. The highest BCUT2D eigenvalue weighted by Crippen LogP contribution is 2.39. The maximum Gasteiger partial charge on any atom is 0.260 e. The summed E-state index contributed by atoms with van der Waals surface area (Å²) in [5.74, 6) is 0.409. The molecule has 0 bridgehead atoms. The van der Waals surface area contributed by atoms with E-state index < -0.39 is 0 Å². The van der Waals surface area contributed by atoms with Gasteiger partial charge in [0.1, 0.15) is 5.82 Å². The molecule has 7 nitrogen and oxygen atoms in total. The average Bonchev–Trinajstić information content (AvgIpc) is 3.24. The molecule has 32 heavy (non-hydrogen) atoms. The summed E-state index contributed by atoms with van der Waals surface area (Å²) in [5.41, 5.74) is 1.61. The first kappa shape index (κ1) is 21.5. The Morgan fingerprint density at radius 3 is 2.41 bits per heavy atom. The smallest absolute Gasteiger partial charge is 0.260 e.